The van der Waals surface area contributed by atoms with Crippen LogP contribution in [-0.4, -0.2) is 33.9 Å². The Hall–Kier alpha value is -2.21. The van der Waals surface area contributed by atoms with Gasteiger partial charge in [0.2, 0.25) is 9.84 Å². The second-order valence-corrected chi connectivity index (χ2v) is 8.30. The minimum absolute atomic E-state index is 0.0474. The zero-order valence-corrected chi connectivity index (χ0v) is 17.3. The molecule has 2 rings (SSSR count). The van der Waals surface area contributed by atoms with Crippen molar-refractivity contribution in [3.8, 4) is 17.6 Å². The first-order valence-electron chi connectivity index (χ1n) is 7.63. The van der Waals surface area contributed by atoms with Crippen molar-refractivity contribution in [1.29, 1.82) is 5.26 Å². The average Bonchev–Trinajstić information content (AvgIpc) is 2.66. The number of hydrogen-bond acceptors (Lipinski definition) is 7. The van der Waals surface area contributed by atoms with Gasteiger partial charge in [-0.2, -0.15) is 5.26 Å². The maximum absolute atomic E-state index is 13.2. The Morgan fingerprint density at radius 2 is 1.81 bits per heavy atom. The minimum Gasteiger partial charge on any atom is -0.495 e. The fourth-order valence-electron chi connectivity index (χ4n) is 2.34. The van der Waals surface area contributed by atoms with Crippen LogP contribution in [0.15, 0.2) is 51.2 Å². The van der Waals surface area contributed by atoms with Crippen LogP contribution in [0.2, 0.25) is 5.02 Å². The van der Waals surface area contributed by atoms with E-state index in [0.29, 0.717) is 10.7 Å². The number of rotatable bonds is 6. The Morgan fingerprint density at radius 3 is 2.30 bits per heavy atom. The Labute approximate surface area is 167 Å². The Morgan fingerprint density at radius 1 is 1.22 bits per heavy atom. The Balaban J connectivity index is 2.72. The van der Waals surface area contributed by atoms with Gasteiger partial charge in [-0.3, -0.25) is 0 Å². The molecule has 0 unspecified atom stereocenters. The number of aliphatic imine (C=N–C) groups is 1. The van der Waals surface area contributed by atoms with Crippen molar-refractivity contribution in [1.82, 2.24) is 0 Å². The maximum Gasteiger partial charge on any atom is 0.215 e. The first-order valence-corrected chi connectivity index (χ1v) is 10.7. The zero-order chi connectivity index (χ0) is 20.0. The van der Waals surface area contributed by atoms with Gasteiger partial charge in [0.05, 0.1) is 47.4 Å². The van der Waals surface area contributed by atoms with Crippen molar-refractivity contribution in [3.63, 3.8) is 0 Å². The molecule has 2 aromatic rings. The normalized spacial score (nSPS) is 11.7. The standard InChI is InChI=1S/C18H17ClN2O4S2/c1-24-14-10-12(21-17(26-3)8-9-20)11-15(25-2)18(14)27(22,23)16-7-5-4-6-13(16)19/h4-7,10-11H,8H2,1-3H3. The smallest absolute Gasteiger partial charge is 0.215 e. The van der Waals surface area contributed by atoms with E-state index >= 15 is 0 Å². The molecule has 0 aliphatic carbocycles. The van der Waals surface area contributed by atoms with Crippen LogP contribution in [0.25, 0.3) is 0 Å². The lowest BCUT2D eigenvalue weighted by atomic mass is 10.2. The Bertz CT molecular complexity index is 989. The molecule has 9 heteroatoms. The van der Waals surface area contributed by atoms with E-state index in [1.165, 1.54) is 50.2 Å². The number of benzene rings is 2. The molecule has 2 aromatic carbocycles. The summed E-state index contributed by atoms with van der Waals surface area (Å²) in [5, 5.41) is 9.55. The first kappa shape index (κ1) is 21.1. The second-order valence-electron chi connectivity index (χ2n) is 5.16. The molecule has 0 aromatic heterocycles. The van der Waals surface area contributed by atoms with Gasteiger partial charge in [-0.05, 0) is 18.4 Å². The summed E-state index contributed by atoms with van der Waals surface area (Å²) in [6, 6.07) is 11.2. The summed E-state index contributed by atoms with van der Waals surface area (Å²) in [5.41, 5.74) is 0.418. The molecule has 0 atom stereocenters. The van der Waals surface area contributed by atoms with E-state index in [-0.39, 0.29) is 32.7 Å². The Kier molecular flexibility index (Phi) is 7.13. The SMILES string of the molecule is COc1cc(N=C(CC#N)SC)cc(OC)c1S(=O)(=O)c1ccccc1Cl. The topological polar surface area (TPSA) is 88.8 Å². The molecule has 0 amide bonds. The number of nitriles is 1. The highest BCUT2D eigenvalue weighted by atomic mass is 35.5. The predicted molar refractivity (Wildman–Crippen MR) is 107 cm³/mol. The van der Waals surface area contributed by atoms with Gasteiger partial charge in [0.25, 0.3) is 0 Å². The van der Waals surface area contributed by atoms with Crippen LogP contribution in [0.3, 0.4) is 0 Å². The first-order chi connectivity index (χ1) is 12.9. The number of sulfone groups is 1. The highest BCUT2D eigenvalue weighted by Gasteiger charge is 2.29. The van der Waals surface area contributed by atoms with E-state index in [9.17, 15) is 8.42 Å². The number of thioether (sulfide) groups is 1. The zero-order valence-electron chi connectivity index (χ0n) is 14.9. The third-order valence-corrected chi connectivity index (χ3v) is 6.58. The molecule has 6 nitrogen and oxygen atoms in total. The van der Waals surface area contributed by atoms with Gasteiger partial charge in [0, 0.05) is 12.1 Å². The summed E-state index contributed by atoms with van der Waals surface area (Å²) in [4.78, 5) is 4.19. The second kappa shape index (κ2) is 9.13. The highest BCUT2D eigenvalue weighted by molar-refractivity contribution is 8.13. The van der Waals surface area contributed by atoms with Crippen molar-refractivity contribution < 1.29 is 17.9 Å². The molecule has 0 fully saturated rings. The van der Waals surface area contributed by atoms with E-state index in [0.717, 1.165) is 0 Å². The average molecular weight is 425 g/mol. The van der Waals surface area contributed by atoms with E-state index in [1.807, 2.05) is 6.07 Å². The summed E-state index contributed by atoms with van der Waals surface area (Å²) in [7, 11) is -1.28. The lowest BCUT2D eigenvalue weighted by Crippen LogP contribution is -2.07. The van der Waals surface area contributed by atoms with E-state index in [4.69, 9.17) is 26.3 Å². The lowest BCUT2D eigenvalue weighted by Gasteiger charge is -2.15. The molecule has 142 valence electrons. The van der Waals surface area contributed by atoms with Gasteiger partial charge in [-0.25, -0.2) is 13.4 Å². The van der Waals surface area contributed by atoms with E-state index in [1.54, 1.807) is 18.4 Å². The summed E-state index contributed by atoms with van der Waals surface area (Å²) in [6.45, 7) is 0. The van der Waals surface area contributed by atoms with Gasteiger partial charge < -0.3 is 9.47 Å². The van der Waals surface area contributed by atoms with Crippen LogP contribution in [-0.2, 0) is 9.84 Å². The van der Waals surface area contributed by atoms with Crippen molar-refractivity contribution in [2.75, 3.05) is 20.5 Å². The van der Waals surface area contributed by atoms with Gasteiger partial charge in [-0.1, -0.05) is 23.7 Å². The molecule has 0 bridgehead atoms. The van der Waals surface area contributed by atoms with Gasteiger partial charge in [0.1, 0.15) is 11.5 Å². The van der Waals surface area contributed by atoms with Crippen LogP contribution >= 0.6 is 23.4 Å². The predicted octanol–water partition coefficient (Wildman–Crippen LogP) is 4.50. The molecule has 0 saturated carbocycles. The molecule has 0 spiro atoms. The van der Waals surface area contributed by atoms with Crippen LogP contribution < -0.4 is 9.47 Å². The molecule has 0 saturated heterocycles. The number of halogens is 1. The van der Waals surface area contributed by atoms with Crippen LogP contribution in [0.5, 0.6) is 11.5 Å². The molecule has 0 aliphatic rings. The largest absolute Gasteiger partial charge is 0.495 e. The molecular formula is C18H17ClN2O4S2. The molecule has 27 heavy (non-hydrogen) atoms. The summed E-state index contributed by atoms with van der Waals surface area (Å²) in [5.74, 6) is 0.149. The lowest BCUT2D eigenvalue weighted by molar-refractivity contribution is 0.373. The van der Waals surface area contributed by atoms with Crippen LogP contribution in [0, 0.1) is 11.3 Å². The number of ether oxygens (including phenoxy) is 2. The highest BCUT2D eigenvalue weighted by Crippen LogP contribution is 2.42. The van der Waals surface area contributed by atoms with E-state index in [2.05, 4.69) is 4.99 Å². The summed E-state index contributed by atoms with van der Waals surface area (Å²) < 4.78 is 37.0. The van der Waals surface area contributed by atoms with Gasteiger partial charge >= 0.3 is 0 Å². The van der Waals surface area contributed by atoms with Crippen molar-refractivity contribution >= 4 is 43.9 Å². The summed E-state index contributed by atoms with van der Waals surface area (Å²) >= 11 is 7.42. The van der Waals surface area contributed by atoms with Crippen molar-refractivity contribution in [3.05, 3.63) is 41.4 Å². The summed E-state index contributed by atoms with van der Waals surface area (Å²) in [6.07, 6.45) is 1.95. The molecule has 0 N–H and O–H groups in total. The van der Waals surface area contributed by atoms with Crippen molar-refractivity contribution in [2.45, 2.75) is 16.2 Å². The monoisotopic (exact) mass is 424 g/mol. The van der Waals surface area contributed by atoms with Crippen LogP contribution in [0.1, 0.15) is 6.42 Å². The van der Waals surface area contributed by atoms with Crippen molar-refractivity contribution in [2.24, 2.45) is 4.99 Å². The maximum atomic E-state index is 13.2. The van der Waals surface area contributed by atoms with Gasteiger partial charge in [-0.15, -0.1) is 11.8 Å². The minimum atomic E-state index is -4.00. The van der Waals surface area contributed by atoms with Crippen LogP contribution in [0.4, 0.5) is 5.69 Å². The fourth-order valence-corrected chi connectivity index (χ4v) is 4.80. The molecular weight excluding hydrogens is 408 g/mol. The number of methoxy groups -OCH3 is 2. The third-order valence-electron chi connectivity index (χ3n) is 3.56. The van der Waals surface area contributed by atoms with E-state index < -0.39 is 9.84 Å². The number of nitrogens with zero attached hydrogens (tertiary/aromatic N) is 2. The molecule has 0 heterocycles. The molecule has 0 radical (unpaired) electrons. The quantitative estimate of drug-likeness (QED) is 0.501. The third kappa shape index (κ3) is 4.56. The van der Waals surface area contributed by atoms with Gasteiger partial charge in [0.15, 0.2) is 4.90 Å². The fraction of sp³-hybridized carbons (Fsp3) is 0.222. The number of hydrogen-bond donors (Lipinski definition) is 0. The molecule has 0 aliphatic heterocycles.